The molecule has 0 amide bonds. The molecule has 1 aromatic carbocycles. The van der Waals surface area contributed by atoms with E-state index in [0.717, 1.165) is 12.3 Å². The second-order valence-electron chi connectivity index (χ2n) is 4.82. The summed E-state index contributed by atoms with van der Waals surface area (Å²) < 4.78 is 38.8. The van der Waals surface area contributed by atoms with E-state index in [9.17, 15) is 13.2 Å². The first-order valence-electron chi connectivity index (χ1n) is 7.63. The van der Waals surface area contributed by atoms with Crippen LogP contribution in [-0.4, -0.2) is 34.3 Å². The maximum atomic E-state index is 12.9. The fourth-order valence-electron chi connectivity index (χ4n) is 1.93. The van der Waals surface area contributed by atoms with E-state index in [-0.39, 0.29) is 11.5 Å². The number of alkyl halides is 3. The molecule has 1 aromatic heterocycles. The highest BCUT2D eigenvalue weighted by atomic mass is 19.4. The van der Waals surface area contributed by atoms with Crippen LogP contribution in [0.1, 0.15) is 25.0 Å². The van der Waals surface area contributed by atoms with Gasteiger partial charge in [-0.15, -0.1) is 0 Å². The molecule has 0 aliphatic carbocycles. The van der Waals surface area contributed by atoms with Crippen molar-refractivity contribution in [3.05, 3.63) is 35.4 Å². The minimum absolute atomic E-state index is 0.0598. The molecule has 0 bridgehead atoms. The van der Waals surface area contributed by atoms with Gasteiger partial charge in [0.05, 0.1) is 11.8 Å². The van der Waals surface area contributed by atoms with Gasteiger partial charge >= 0.3 is 6.18 Å². The maximum absolute atomic E-state index is 12.9. The number of hydrazone groups is 1. The van der Waals surface area contributed by atoms with Crippen molar-refractivity contribution in [2.45, 2.75) is 20.0 Å². The molecule has 0 fully saturated rings. The highest BCUT2D eigenvalue weighted by molar-refractivity contribution is 5.82. The average Bonchev–Trinajstić information content (AvgIpc) is 2.55. The van der Waals surface area contributed by atoms with Crippen molar-refractivity contribution in [3.63, 3.8) is 0 Å². The lowest BCUT2D eigenvalue weighted by Crippen LogP contribution is -2.11. The standard InChI is InChI=1S/C15H18F3N7/c1-3-19-12-22-13(20-4-2)24-14(23-12)25-21-9-10-7-5-6-8-11(10)15(16,17)18/h5-9H,3-4H2,1-2H3,(H3,19,20,22,23,24,25)/b21-9+. The first-order valence-corrected chi connectivity index (χ1v) is 7.63. The van der Waals surface area contributed by atoms with E-state index in [1.54, 1.807) is 0 Å². The van der Waals surface area contributed by atoms with Gasteiger partial charge in [-0.3, -0.25) is 0 Å². The van der Waals surface area contributed by atoms with Gasteiger partial charge in [0.15, 0.2) is 0 Å². The minimum atomic E-state index is -4.45. The number of hydrogen-bond donors (Lipinski definition) is 3. The lowest BCUT2D eigenvalue weighted by atomic mass is 10.1. The van der Waals surface area contributed by atoms with E-state index in [0.29, 0.717) is 25.0 Å². The highest BCUT2D eigenvalue weighted by Gasteiger charge is 2.32. The Morgan fingerprint density at radius 1 is 0.960 bits per heavy atom. The summed E-state index contributed by atoms with van der Waals surface area (Å²) in [6.45, 7) is 4.99. The molecule has 0 atom stereocenters. The molecule has 134 valence electrons. The largest absolute Gasteiger partial charge is 0.417 e. The molecule has 0 aliphatic rings. The summed E-state index contributed by atoms with van der Waals surface area (Å²) in [6.07, 6.45) is -3.38. The van der Waals surface area contributed by atoms with Crippen molar-refractivity contribution < 1.29 is 13.2 Å². The molecule has 3 N–H and O–H groups in total. The third-order valence-corrected chi connectivity index (χ3v) is 2.94. The number of benzene rings is 1. The number of nitrogens with zero attached hydrogens (tertiary/aromatic N) is 4. The van der Waals surface area contributed by atoms with Crippen LogP contribution in [0.15, 0.2) is 29.4 Å². The Hall–Kier alpha value is -2.91. The van der Waals surface area contributed by atoms with Crippen LogP contribution >= 0.6 is 0 Å². The summed E-state index contributed by atoms with van der Waals surface area (Å²) in [4.78, 5) is 12.3. The Kier molecular flexibility index (Phi) is 6.09. The SMILES string of the molecule is CCNc1nc(NCC)nc(N/N=C/c2ccccc2C(F)(F)F)n1. The van der Waals surface area contributed by atoms with E-state index >= 15 is 0 Å². The van der Waals surface area contributed by atoms with E-state index in [2.05, 4.69) is 36.1 Å². The third-order valence-electron chi connectivity index (χ3n) is 2.94. The smallest absolute Gasteiger partial charge is 0.354 e. The van der Waals surface area contributed by atoms with Crippen molar-refractivity contribution in [2.75, 3.05) is 29.1 Å². The van der Waals surface area contributed by atoms with E-state index in [4.69, 9.17) is 0 Å². The van der Waals surface area contributed by atoms with Crippen molar-refractivity contribution >= 4 is 24.1 Å². The van der Waals surface area contributed by atoms with Crippen molar-refractivity contribution in [1.29, 1.82) is 0 Å². The van der Waals surface area contributed by atoms with Crippen LogP contribution in [0.25, 0.3) is 0 Å². The summed E-state index contributed by atoms with van der Waals surface area (Å²) in [7, 11) is 0. The molecule has 10 heteroatoms. The lowest BCUT2D eigenvalue weighted by molar-refractivity contribution is -0.137. The van der Waals surface area contributed by atoms with Crippen LogP contribution in [0.3, 0.4) is 0 Å². The van der Waals surface area contributed by atoms with Crippen LogP contribution in [-0.2, 0) is 6.18 Å². The number of rotatable bonds is 7. The Morgan fingerprint density at radius 2 is 1.52 bits per heavy atom. The quantitative estimate of drug-likeness (QED) is 0.523. The zero-order valence-corrected chi connectivity index (χ0v) is 13.7. The Morgan fingerprint density at radius 3 is 2.08 bits per heavy atom. The number of hydrogen-bond acceptors (Lipinski definition) is 7. The highest BCUT2D eigenvalue weighted by Crippen LogP contribution is 2.31. The fraction of sp³-hybridized carbons (Fsp3) is 0.333. The summed E-state index contributed by atoms with van der Waals surface area (Å²) in [5, 5.41) is 9.69. The van der Waals surface area contributed by atoms with Crippen LogP contribution in [0.5, 0.6) is 0 Å². The predicted molar refractivity (Wildman–Crippen MR) is 90.8 cm³/mol. The minimum Gasteiger partial charge on any atom is -0.354 e. The summed E-state index contributed by atoms with van der Waals surface area (Å²) in [5.41, 5.74) is 1.70. The van der Waals surface area contributed by atoms with Gasteiger partial charge in [-0.05, 0) is 19.9 Å². The normalized spacial score (nSPS) is 11.6. The third kappa shape index (κ3) is 5.30. The molecule has 0 radical (unpaired) electrons. The zero-order valence-electron chi connectivity index (χ0n) is 13.7. The Bertz CT molecular complexity index is 707. The molecule has 2 aromatic rings. The molecule has 0 aliphatic heterocycles. The molecule has 0 saturated heterocycles. The lowest BCUT2D eigenvalue weighted by Gasteiger charge is -2.09. The molecule has 25 heavy (non-hydrogen) atoms. The topological polar surface area (TPSA) is 87.1 Å². The summed E-state index contributed by atoms with van der Waals surface area (Å²) >= 11 is 0. The zero-order chi connectivity index (χ0) is 18.3. The van der Waals surface area contributed by atoms with Crippen LogP contribution in [0.4, 0.5) is 31.0 Å². The van der Waals surface area contributed by atoms with Gasteiger partial charge in [0, 0.05) is 18.7 Å². The molecule has 1 heterocycles. The molecule has 2 rings (SSSR count). The summed E-state index contributed by atoms with van der Waals surface area (Å²) in [6, 6.07) is 5.16. The molecular weight excluding hydrogens is 335 g/mol. The second-order valence-corrected chi connectivity index (χ2v) is 4.82. The molecule has 7 nitrogen and oxygen atoms in total. The number of nitrogens with one attached hydrogen (secondary N) is 3. The fourth-order valence-corrected chi connectivity index (χ4v) is 1.93. The second kappa shape index (κ2) is 8.27. The van der Waals surface area contributed by atoms with Gasteiger partial charge in [-0.1, -0.05) is 18.2 Å². The molecule has 0 spiro atoms. The van der Waals surface area contributed by atoms with Gasteiger partial charge < -0.3 is 10.6 Å². The number of aromatic nitrogens is 3. The maximum Gasteiger partial charge on any atom is 0.417 e. The first-order chi connectivity index (χ1) is 11.9. The van der Waals surface area contributed by atoms with Crippen LogP contribution in [0, 0.1) is 0 Å². The Balaban J connectivity index is 2.19. The molecular formula is C15H18F3N7. The summed E-state index contributed by atoms with van der Waals surface area (Å²) in [5.74, 6) is 0.784. The van der Waals surface area contributed by atoms with E-state index in [1.807, 2.05) is 13.8 Å². The van der Waals surface area contributed by atoms with Crippen LogP contribution < -0.4 is 16.1 Å². The number of halogens is 3. The van der Waals surface area contributed by atoms with Crippen molar-refractivity contribution in [1.82, 2.24) is 15.0 Å². The van der Waals surface area contributed by atoms with Gasteiger partial charge in [0.25, 0.3) is 0 Å². The first kappa shape index (κ1) is 18.4. The van der Waals surface area contributed by atoms with Crippen molar-refractivity contribution in [3.8, 4) is 0 Å². The van der Waals surface area contributed by atoms with Crippen molar-refractivity contribution in [2.24, 2.45) is 5.10 Å². The molecule has 0 saturated carbocycles. The predicted octanol–water partition coefficient (Wildman–Crippen LogP) is 3.20. The molecule has 0 unspecified atom stereocenters. The monoisotopic (exact) mass is 353 g/mol. The van der Waals surface area contributed by atoms with E-state index in [1.165, 1.54) is 18.2 Å². The van der Waals surface area contributed by atoms with Gasteiger partial charge in [-0.25, -0.2) is 5.43 Å². The Labute approximate surface area is 142 Å². The van der Waals surface area contributed by atoms with Gasteiger partial charge in [0.2, 0.25) is 17.8 Å². The van der Waals surface area contributed by atoms with E-state index < -0.39 is 11.7 Å². The average molecular weight is 353 g/mol. The number of anilines is 3. The van der Waals surface area contributed by atoms with Crippen LogP contribution in [0.2, 0.25) is 0 Å². The van der Waals surface area contributed by atoms with Gasteiger partial charge in [-0.2, -0.15) is 33.2 Å². The van der Waals surface area contributed by atoms with Gasteiger partial charge in [0.1, 0.15) is 0 Å².